The van der Waals surface area contributed by atoms with E-state index in [4.69, 9.17) is 0 Å². The Hall–Kier alpha value is -1.23. The van der Waals surface area contributed by atoms with Crippen LogP contribution in [0.2, 0.25) is 0 Å². The maximum atomic E-state index is 14.4. The van der Waals surface area contributed by atoms with Crippen molar-refractivity contribution in [3.8, 4) is 0 Å². The molecule has 1 amide bonds. The molecule has 4 N–H and O–H groups in total. The number of hydrogen-bond acceptors (Lipinski definition) is 5. The van der Waals surface area contributed by atoms with E-state index in [-0.39, 0.29) is 23.1 Å². The summed E-state index contributed by atoms with van der Waals surface area (Å²) in [6, 6.07) is 1.42. The first-order valence-corrected chi connectivity index (χ1v) is 10.2. The average Bonchev–Trinajstić information content (AvgIpc) is 3.30. The van der Waals surface area contributed by atoms with Crippen LogP contribution in [0.5, 0.6) is 0 Å². The van der Waals surface area contributed by atoms with Crippen LogP contribution < -0.4 is 5.32 Å². The third-order valence-electron chi connectivity index (χ3n) is 4.97. The lowest BCUT2D eigenvalue weighted by atomic mass is 9.93. The number of nitrogens with one attached hydrogen (secondary N) is 1. The van der Waals surface area contributed by atoms with E-state index < -0.39 is 32.8 Å². The third kappa shape index (κ3) is 3.05. The summed E-state index contributed by atoms with van der Waals surface area (Å²) >= 11 is 3.17. The van der Waals surface area contributed by atoms with Crippen LogP contribution in [-0.4, -0.2) is 41.6 Å². The van der Waals surface area contributed by atoms with Gasteiger partial charge < -0.3 is 5.11 Å². The normalized spacial score (nSPS) is 32.6. The van der Waals surface area contributed by atoms with Gasteiger partial charge in [0.05, 0.1) is 11.9 Å². The van der Waals surface area contributed by atoms with Gasteiger partial charge in [-0.05, 0) is 54.6 Å². The number of rotatable bonds is 2. The summed E-state index contributed by atoms with van der Waals surface area (Å²) < 4.78 is 35.4. The summed E-state index contributed by atoms with van der Waals surface area (Å²) in [7, 11) is -3.30. The molecule has 1 fully saturated rings. The second-order valence-corrected chi connectivity index (χ2v) is 10.1. The summed E-state index contributed by atoms with van der Waals surface area (Å²) in [4.78, 5) is 19.5. The van der Waals surface area contributed by atoms with Crippen molar-refractivity contribution in [2.75, 3.05) is 5.75 Å². The number of nitrogens with zero attached hydrogens (tertiary/aromatic N) is 2. The fraction of sp³-hybridized carbons (Fsp3) is 0.533. The van der Waals surface area contributed by atoms with E-state index in [1.54, 1.807) is 13.8 Å². The first-order valence-electron chi connectivity index (χ1n) is 7.67. The zero-order valence-electron chi connectivity index (χ0n) is 13.7. The van der Waals surface area contributed by atoms with Gasteiger partial charge in [-0.15, -0.1) is 0 Å². The molecule has 138 valence electrons. The number of halogens is 2. The summed E-state index contributed by atoms with van der Waals surface area (Å²) in [6.45, 7) is 3.18. The Bertz CT molecular complexity index is 773. The maximum Gasteiger partial charge on any atom is 0.410 e. The maximum absolute atomic E-state index is 14.4. The molecule has 0 bridgehead atoms. The predicted molar refractivity (Wildman–Crippen MR) is 96.7 cm³/mol. The van der Waals surface area contributed by atoms with Gasteiger partial charge in [0.25, 0.3) is 0 Å². The largest absolute Gasteiger partial charge is 0.465 e. The lowest BCUT2D eigenvalue weighted by molar-refractivity contribution is 0.199. The number of pyridine rings is 1. The second kappa shape index (κ2) is 5.90. The second-order valence-electron chi connectivity index (χ2n) is 6.84. The lowest BCUT2D eigenvalue weighted by Gasteiger charge is -2.55. The minimum atomic E-state index is -3.30. The standard InChI is InChI=1S/C15H19BrFN3O4S/c1-14(9-5-11(16)18-6-10(9)17)7-25(23,24)15(2,8-3-4-8)12(20-14)19-13(21)22/h5-6,8,23-24H,3-4,7H2,1-2H3,(H,19,20)(H,21,22)/t14-,15-/m0/s1. The summed E-state index contributed by atoms with van der Waals surface area (Å²) in [5.74, 6) is -0.926. The Morgan fingerprint density at radius 1 is 1.44 bits per heavy atom. The van der Waals surface area contributed by atoms with Crippen molar-refractivity contribution in [1.29, 1.82) is 0 Å². The molecule has 10 heteroatoms. The molecule has 0 aromatic carbocycles. The van der Waals surface area contributed by atoms with Gasteiger partial charge in [-0.2, -0.15) is 10.6 Å². The number of amides is 1. The summed E-state index contributed by atoms with van der Waals surface area (Å²) in [5, 5.41) is 11.4. The highest BCUT2D eigenvalue weighted by atomic mass is 79.9. The van der Waals surface area contributed by atoms with Crippen molar-refractivity contribution in [3.05, 3.63) is 28.2 Å². The molecule has 1 aromatic rings. The van der Waals surface area contributed by atoms with Crippen LogP contribution in [0.15, 0.2) is 21.9 Å². The first kappa shape index (κ1) is 18.6. The molecule has 1 aliphatic heterocycles. The SMILES string of the molecule is C[C@@]1(c2cc(Br)ncc2F)CS(O)(O)[C@@](C)(C2CC2)C(NC(=O)O)=N1. The molecular formula is C15H19BrFN3O4S. The van der Waals surface area contributed by atoms with Crippen molar-refractivity contribution in [1.82, 2.24) is 10.3 Å². The van der Waals surface area contributed by atoms with Gasteiger partial charge in [-0.1, -0.05) is 0 Å². The summed E-state index contributed by atoms with van der Waals surface area (Å²) in [6.07, 6.45) is 1.20. The third-order valence-corrected chi connectivity index (χ3v) is 8.26. The number of carbonyl (C=O) groups is 1. The first-order chi connectivity index (χ1) is 11.5. The van der Waals surface area contributed by atoms with Crippen molar-refractivity contribution < 1.29 is 23.4 Å². The van der Waals surface area contributed by atoms with E-state index in [9.17, 15) is 23.4 Å². The molecule has 0 spiro atoms. The monoisotopic (exact) mass is 435 g/mol. The van der Waals surface area contributed by atoms with Crippen LogP contribution in [0.4, 0.5) is 9.18 Å². The molecule has 7 nitrogen and oxygen atoms in total. The van der Waals surface area contributed by atoms with Crippen LogP contribution in [0.3, 0.4) is 0 Å². The van der Waals surface area contributed by atoms with Gasteiger partial charge in [0.1, 0.15) is 26.5 Å². The van der Waals surface area contributed by atoms with E-state index in [1.807, 2.05) is 0 Å². The van der Waals surface area contributed by atoms with Crippen molar-refractivity contribution in [2.24, 2.45) is 10.9 Å². The fourth-order valence-electron chi connectivity index (χ4n) is 3.40. The number of aliphatic imine (C=N–C) groups is 1. The number of carboxylic acid groups (broad SMARTS) is 1. The predicted octanol–water partition coefficient (Wildman–Crippen LogP) is 3.80. The van der Waals surface area contributed by atoms with Gasteiger partial charge in [0, 0.05) is 5.56 Å². The van der Waals surface area contributed by atoms with Crippen LogP contribution >= 0.6 is 26.5 Å². The zero-order valence-corrected chi connectivity index (χ0v) is 16.1. The highest BCUT2D eigenvalue weighted by Gasteiger charge is 2.59. The van der Waals surface area contributed by atoms with Crippen LogP contribution in [0, 0.1) is 11.7 Å². The smallest absolute Gasteiger partial charge is 0.410 e. The minimum Gasteiger partial charge on any atom is -0.465 e. The molecule has 1 aliphatic carbocycles. The quantitative estimate of drug-likeness (QED) is 0.527. The molecule has 2 atom stereocenters. The molecule has 2 heterocycles. The number of hydrogen-bond donors (Lipinski definition) is 4. The van der Waals surface area contributed by atoms with E-state index in [1.165, 1.54) is 6.07 Å². The van der Waals surface area contributed by atoms with Gasteiger partial charge in [0.2, 0.25) is 0 Å². The Morgan fingerprint density at radius 3 is 2.64 bits per heavy atom. The zero-order chi connectivity index (χ0) is 18.6. The van der Waals surface area contributed by atoms with Gasteiger partial charge in [0.15, 0.2) is 0 Å². The Labute approximate surface area is 154 Å². The Morgan fingerprint density at radius 2 is 2.08 bits per heavy atom. The molecule has 2 aliphatic rings. The molecule has 0 saturated heterocycles. The molecule has 0 radical (unpaired) electrons. The highest BCUT2D eigenvalue weighted by Crippen LogP contribution is 2.66. The van der Waals surface area contributed by atoms with Gasteiger partial charge in [-0.25, -0.2) is 14.2 Å². The van der Waals surface area contributed by atoms with Crippen molar-refractivity contribution in [2.45, 2.75) is 37.0 Å². The number of aromatic nitrogens is 1. The van der Waals surface area contributed by atoms with Gasteiger partial charge >= 0.3 is 6.09 Å². The number of amidine groups is 1. The lowest BCUT2D eigenvalue weighted by Crippen LogP contribution is -2.57. The van der Waals surface area contributed by atoms with E-state index in [2.05, 4.69) is 31.2 Å². The Kier molecular flexibility index (Phi) is 4.38. The molecule has 3 rings (SSSR count). The van der Waals surface area contributed by atoms with Crippen LogP contribution in [-0.2, 0) is 5.54 Å². The summed E-state index contributed by atoms with van der Waals surface area (Å²) in [5.41, 5.74) is -1.21. The van der Waals surface area contributed by atoms with E-state index in [0.717, 1.165) is 19.0 Å². The van der Waals surface area contributed by atoms with E-state index in [0.29, 0.717) is 4.60 Å². The Balaban J connectivity index is 2.18. The van der Waals surface area contributed by atoms with Gasteiger partial charge in [-0.3, -0.25) is 19.4 Å². The molecule has 0 unspecified atom stereocenters. The molecule has 1 saturated carbocycles. The van der Waals surface area contributed by atoms with Crippen LogP contribution in [0.25, 0.3) is 0 Å². The highest BCUT2D eigenvalue weighted by molar-refractivity contribution is 9.10. The van der Waals surface area contributed by atoms with E-state index >= 15 is 0 Å². The minimum absolute atomic E-state index is 0.0245. The topological polar surface area (TPSA) is 115 Å². The molecular weight excluding hydrogens is 417 g/mol. The molecule has 1 aromatic heterocycles. The average molecular weight is 436 g/mol. The molecule has 25 heavy (non-hydrogen) atoms. The van der Waals surface area contributed by atoms with Crippen LogP contribution in [0.1, 0.15) is 32.3 Å². The van der Waals surface area contributed by atoms with Crippen molar-refractivity contribution in [3.63, 3.8) is 0 Å². The van der Waals surface area contributed by atoms with Crippen molar-refractivity contribution >= 4 is 38.4 Å². The fourth-order valence-corrected chi connectivity index (χ4v) is 6.21.